The molecule has 0 radical (unpaired) electrons. The molecule has 0 saturated carbocycles. The van der Waals surface area contributed by atoms with Crippen molar-refractivity contribution in [1.82, 2.24) is 5.48 Å². The maximum absolute atomic E-state index is 10.3. The summed E-state index contributed by atoms with van der Waals surface area (Å²) in [6, 6.07) is 9.50. The van der Waals surface area contributed by atoms with Gasteiger partial charge in [0.2, 0.25) is 0 Å². The van der Waals surface area contributed by atoms with Crippen molar-refractivity contribution in [2.45, 2.75) is 26.0 Å². The number of carboxylic acid groups (broad SMARTS) is 1. The van der Waals surface area contributed by atoms with Crippen molar-refractivity contribution in [2.24, 2.45) is 0 Å². The molecule has 1 aromatic carbocycles. The Balaban J connectivity index is 2.19. The third kappa shape index (κ3) is 5.15. The molecule has 0 bridgehead atoms. The fraction of sp³-hybridized carbons (Fsp3) is 0.364. The third-order valence-electron chi connectivity index (χ3n) is 1.85. The molecule has 0 aliphatic rings. The first-order chi connectivity index (χ1) is 7.18. The van der Waals surface area contributed by atoms with Gasteiger partial charge in [0.15, 0.2) is 0 Å². The van der Waals surface area contributed by atoms with Crippen LogP contribution in [0.15, 0.2) is 30.3 Å². The van der Waals surface area contributed by atoms with Crippen LogP contribution < -0.4 is 5.48 Å². The summed E-state index contributed by atoms with van der Waals surface area (Å²) in [7, 11) is 0. The molecule has 2 N–H and O–H groups in total. The van der Waals surface area contributed by atoms with E-state index in [0.717, 1.165) is 5.56 Å². The Kier molecular flexibility index (Phi) is 4.80. The maximum atomic E-state index is 10.3. The van der Waals surface area contributed by atoms with E-state index >= 15 is 0 Å². The molecular weight excluding hydrogens is 194 g/mol. The van der Waals surface area contributed by atoms with Crippen LogP contribution in [0.5, 0.6) is 0 Å². The fourth-order valence-corrected chi connectivity index (χ4v) is 1.15. The Morgan fingerprint density at radius 3 is 2.73 bits per heavy atom. The van der Waals surface area contributed by atoms with Gasteiger partial charge in [-0.15, -0.1) is 0 Å². The minimum Gasteiger partial charge on any atom is -0.481 e. The quantitative estimate of drug-likeness (QED) is 0.698. The van der Waals surface area contributed by atoms with Crippen LogP contribution >= 0.6 is 0 Å². The molecular formula is C11H15NO3. The van der Waals surface area contributed by atoms with E-state index in [9.17, 15) is 4.79 Å². The summed E-state index contributed by atoms with van der Waals surface area (Å²) in [5, 5.41) is 8.50. The van der Waals surface area contributed by atoms with Crippen LogP contribution in [0.25, 0.3) is 0 Å². The lowest BCUT2D eigenvalue weighted by Gasteiger charge is -2.11. The van der Waals surface area contributed by atoms with E-state index in [1.165, 1.54) is 0 Å². The largest absolute Gasteiger partial charge is 0.481 e. The number of carboxylic acids is 1. The molecule has 1 rings (SSSR count). The molecule has 0 aliphatic carbocycles. The lowest BCUT2D eigenvalue weighted by Crippen LogP contribution is -2.28. The van der Waals surface area contributed by atoms with Gasteiger partial charge in [0.25, 0.3) is 0 Å². The number of carbonyl (C=O) groups is 1. The second kappa shape index (κ2) is 6.16. The van der Waals surface area contributed by atoms with Crippen LogP contribution in [0.4, 0.5) is 0 Å². The van der Waals surface area contributed by atoms with Gasteiger partial charge in [-0.25, -0.2) is 0 Å². The van der Waals surface area contributed by atoms with E-state index in [-0.39, 0.29) is 12.5 Å². The number of aliphatic carboxylic acids is 1. The summed E-state index contributed by atoms with van der Waals surface area (Å²) in [5.74, 6) is -0.835. The van der Waals surface area contributed by atoms with Crippen molar-refractivity contribution in [3.63, 3.8) is 0 Å². The topological polar surface area (TPSA) is 58.6 Å². The number of hydrogen-bond acceptors (Lipinski definition) is 3. The van der Waals surface area contributed by atoms with Crippen molar-refractivity contribution >= 4 is 5.97 Å². The fourth-order valence-electron chi connectivity index (χ4n) is 1.15. The third-order valence-corrected chi connectivity index (χ3v) is 1.85. The van der Waals surface area contributed by atoms with Crippen LogP contribution in [0, 0.1) is 0 Å². The molecule has 0 fully saturated rings. The summed E-state index contributed by atoms with van der Waals surface area (Å²) >= 11 is 0. The highest BCUT2D eigenvalue weighted by Crippen LogP contribution is 2.00. The summed E-state index contributed by atoms with van der Waals surface area (Å²) in [6.45, 7) is 2.20. The number of nitrogens with one attached hydrogen (secondary N) is 1. The van der Waals surface area contributed by atoms with Crippen LogP contribution in [0.2, 0.25) is 0 Å². The molecule has 1 aromatic rings. The molecule has 0 aliphatic heterocycles. The number of benzene rings is 1. The monoisotopic (exact) mass is 209 g/mol. The molecule has 4 nitrogen and oxygen atoms in total. The van der Waals surface area contributed by atoms with Gasteiger partial charge in [-0.05, 0) is 12.5 Å². The van der Waals surface area contributed by atoms with Gasteiger partial charge in [-0.3, -0.25) is 9.63 Å². The van der Waals surface area contributed by atoms with E-state index in [2.05, 4.69) is 5.48 Å². The number of hydrogen-bond donors (Lipinski definition) is 2. The first-order valence-electron chi connectivity index (χ1n) is 4.81. The van der Waals surface area contributed by atoms with E-state index < -0.39 is 5.97 Å². The molecule has 15 heavy (non-hydrogen) atoms. The zero-order valence-corrected chi connectivity index (χ0v) is 8.64. The molecule has 0 aromatic heterocycles. The predicted octanol–water partition coefficient (Wildman–Crippen LogP) is 1.57. The maximum Gasteiger partial charge on any atom is 0.305 e. The zero-order chi connectivity index (χ0) is 11.1. The van der Waals surface area contributed by atoms with E-state index in [1.54, 1.807) is 6.92 Å². The van der Waals surface area contributed by atoms with Gasteiger partial charge in [0, 0.05) is 6.04 Å². The van der Waals surface area contributed by atoms with E-state index in [0.29, 0.717) is 6.61 Å². The lowest BCUT2D eigenvalue weighted by atomic mass is 10.2. The average molecular weight is 209 g/mol. The molecule has 82 valence electrons. The normalized spacial score (nSPS) is 12.3. The van der Waals surface area contributed by atoms with Crippen molar-refractivity contribution < 1.29 is 14.7 Å². The SMILES string of the molecule is C[C@@H](CC(=O)O)NOCc1ccccc1. The molecule has 0 heterocycles. The van der Waals surface area contributed by atoms with Gasteiger partial charge in [0.1, 0.15) is 0 Å². The van der Waals surface area contributed by atoms with E-state index in [1.807, 2.05) is 30.3 Å². The van der Waals surface area contributed by atoms with Crippen molar-refractivity contribution in [3.05, 3.63) is 35.9 Å². The summed E-state index contributed by atoms with van der Waals surface area (Å²) in [5.41, 5.74) is 3.73. The Labute approximate surface area is 88.8 Å². The van der Waals surface area contributed by atoms with E-state index in [4.69, 9.17) is 9.94 Å². The lowest BCUT2D eigenvalue weighted by molar-refractivity contribution is -0.138. The van der Waals surface area contributed by atoms with Gasteiger partial charge in [-0.2, -0.15) is 5.48 Å². The summed E-state index contributed by atoms with van der Waals surface area (Å²) in [4.78, 5) is 15.5. The molecule has 0 saturated heterocycles. The van der Waals surface area contributed by atoms with Gasteiger partial charge >= 0.3 is 5.97 Å². The molecule has 0 unspecified atom stereocenters. The molecule has 1 atom stereocenters. The van der Waals surface area contributed by atoms with Gasteiger partial charge in [0.05, 0.1) is 13.0 Å². The summed E-state index contributed by atoms with van der Waals surface area (Å²) < 4.78 is 0. The Bertz CT molecular complexity index is 300. The van der Waals surface area contributed by atoms with Gasteiger partial charge < -0.3 is 5.11 Å². The Morgan fingerprint density at radius 2 is 2.13 bits per heavy atom. The highest BCUT2D eigenvalue weighted by atomic mass is 16.6. The molecule has 4 heteroatoms. The minimum atomic E-state index is -0.835. The molecule has 0 spiro atoms. The van der Waals surface area contributed by atoms with Crippen LogP contribution in [0.1, 0.15) is 18.9 Å². The highest BCUT2D eigenvalue weighted by Gasteiger charge is 2.06. The molecule has 0 amide bonds. The standard InChI is InChI=1S/C11H15NO3/c1-9(7-11(13)14)12-15-8-10-5-3-2-4-6-10/h2-6,9,12H,7-8H2,1H3,(H,13,14)/t9-/m0/s1. The van der Waals surface area contributed by atoms with Crippen molar-refractivity contribution in [3.8, 4) is 0 Å². The van der Waals surface area contributed by atoms with Gasteiger partial charge in [-0.1, -0.05) is 30.3 Å². The first kappa shape index (κ1) is 11.7. The number of rotatable bonds is 6. The van der Waals surface area contributed by atoms with Crippen LogP contribution in [-0.4, -0.2) is 17.1 Å². The highest BCUT2D eigenvalue weighted by molar-refractivity contribution is 5.67. The predicted molar refractivity (Wildman–Crippen MR) is 56.1 cm³/mol. The Morgan fingerprint density at radius 1 is 1.47 bits per heavy atom. The van der Waals surface area contributed by atoms with Crippen molar-refractivity contribution in [1.29, 1.82) is 0 Å². The Hall–Kier alpha value is -1.39. The first-order valence-corrected chi connectivity index (χ1v) is 4.81. The summed E-state index contributed by atoms with van der Waals surface area (Å²) in [6.07, 6.45) is 0.0504. The smallest absolute Gasteiger partial charge is 0.305 e. The zero-order valence-electron chi connectivity index (χ0n) is 8.64. The average Bonchev–Trinajstić information content (AvgIpc) is 2.18. The van der Waals surface area contributed by atoms with Crippen LogP contribution in [0.3, 0.4) is 0 Å². The van der Waals surface area contributed by atoms with Crippen molar-refractivity contribution in [2.75, 3.05) is 0 Å². The number of hydroxylamine groups is 1. The minimum absolute atomic E-state index is 0.0504. The second-order valence-corrected chi connectivity index (χ2v) is 3.39. The second-order valence-electron chi connectivity index (χ2n) is 3.39. The van der Waals surface area contributed by atoms with Crippen LogP contribution in [-0.2, 0) is 16.2 Å².